The van der Waals surface area contributed by atoms with Gasteiger partial charge in [0.2, 0.25) is 0 Å². The van der Waals surface area contributed by atoms with Crippen LogP contribution in [-0.2, 0) is 9.47 Å². The second-order valence-electron chi connectivity index (χ2n) is 4.66. The Hall–Kier alpha value is -0.590. The topological polar surface area (TPSA) is 42.2 Å². The third-order valence-corrected chi connectivity index (χ3v) is 3.80. The van der Waals surface area contributed by atoms with Crippen molar-refractivity contribution in [2.45, 2.75) is 56.8 Å². The number of methoxy groups -OCH3 is 1. The Morgan fingerprint density at radius 3 is 2.60 bits per heavy atom. The first-order valence-corrected chi connectivity index (χ1v) is 5.92. The number of ether oxygens (including phenoxy) is 2. The number of hydrogen-bond acceptors (Lipinski definition) is 3. The second-order valence-corrected chi connectivity index (χ2v) is 4.66. The van der Waals surface area contributed by atoms with Crippen molar-refractivity contribution in [3.8, 4) is 6.07 Å². The molecule has 15 heavy (non-hydrogen) atoms. The third kappa shape index (κ3) is 2.02. The van der Waals surface area contributed by atoms with Gasteiger partial charge in [0.1, 0.15) is 0 Å². The Bertz CT molecular complexity index is 255. The van der Waals surface area contributed by atoms with Crippen molar-refractivity contribution in [3.05, 3.63) is 0 Å². The fourth-order valence-corrected chi connectivity index (χ4v) is 2.92. The maximum absolute atomic E-state index is 9.38. The van der Waals surface area contributed by atoms with Crippen LogP contribution in [0.1, 0.15) is 44.9 Å². The lowest BCUT2D eigenvalue weighted by Gasteiger charge is -2.39. The van der Waals surface area contributed by atoms with Crippen LogP contribution >= 0.6 is 0 Å². The molecule has 2 aliphatic rings. The number of rotatable bonds is 2. The van der Waals surface area contributed by atoms with Crippen molar-refractivity contribution >= 4 is 0 Å². The zero-order valence-corrected chi connectivity index (χ0v) is 9.37. The van der Waals surface area contributed by atoms with Crippen LogP contribution in [0.4, 0.5) is 0 Å². The van der Waals surface area contributed by atoms with E-state index < -0.39 is 5.60 Å². The van der Waals surface area contributed by atoms with Crippen LogP contribution in [0.5, 0.6) is 0 Å². The highest BCUT2D eigenvalue weighted by atomic mass is 16.7. The zero-order chi connectivity index (χ0) is 10.7. The van der Waals surface area contributed by atoms with E-state index in [0.717, 1.165) is 32.1 Å². The SMILES string of the molecule is COC1CCCC(C#N)(C2CCCC2)O1. The first-order chi connectivity index (χ1) is 7.30. The van der Waals surface area contributed by atoms with Gasteiger partial charge in [-0.25, -0.2) is 0 Å². The summed E-state index contributed by atoms with van der Waals surface area (Å²) in [5.41, 5.74) is -0.546. The number of nitriles is 1. The van der Waals surface area contributed by atoms with Gasteiger partial charge in [0.05, 0.1) is 6.07 Å². The Kier molecular flexibility index (Phi) is 3.28. The summed E-state index contributed by atoms with van der Waals surface area (Å²) in [6.45, 7) is 0. The molecule has 1 aliphatic carbocycles. The van der Waals surface area contributed by atoms with Gasteiger partial charge in [-0.3, -0.25) is 0 Å². The smallest absolute Gasteiger partial charge is 0.160 e. The molecule has 84 valence electrons. The lowest BCUT2D eigenvalue weighted by atomic mass is 9.81. The lowest BCUT2D eigenvalue weighted by Crippen LogP contribution is -2.45. The molecule has 2 atom stereocenters. The monoisotopic (exact) mass is 209 g/mol. The summed E-state index contributed by atoms with van der Waals surface area (Å²) in [6, 6.07) is 2.42. The summed E-state index contributed by atoms with van der Waals surface area (Å²) in [4.78, 5) is 0. The molecule has 1 saturated carbocycles. The van der Waals surface area contributed by atoms with Gasteiger partial charge in [-0.15, -0.1) is 0 Å². The minimum absolute atomic E-state index is 0.168. The third-order valence-electron chi connectivity index (χ3n) is 3.80. The van der Waals surface area contributed by atoms with Gasteiger partial charge >= 0.3 is 0 Å². The Morgan fingerprint density at radius 1 is 1.27 bits per heavy atom. The maximum atomic E-state index is 9.38. The van der Waals surface area contributed by atoms with E-state index in [2.05, 4.69) is 6.07 Å². The summed E-state index contributed by atoms with van der Waals surface area (Å²) >= 11 is 0. The van der Waals surface area contributed by atoms with Crippen molar-refractivity contribution in [1.82, 2.24) is 0 Å². The predicted octanol–water partition coefficient (Wildman–Crippen LogP) is 2.61. The van der Waals surface area contributed by atoms with Crippen LogP contribution in [0.15, 0.2) is 0 Å². The van der Waals surface area contributed by atoms with Gasteiger partial charge in [-0.05, 0) is 32.1 Å². The molecular formula is C12H19NO2. The fourth-order valence-electron chi connectivity index (χ4n) is 2.92. The molecular weight excluding hydrogens is 190 g/mol. The van der Waals surface area contributed by atoms with Crippen LogP contribution in [0.2, 0.25) is 0 Å². The van der Waals surface area contributed by atoms with E-state index in [0.29, 0.717) is 5.92 Å². The molecule has 0 bridgehead atoms. The molecule has 1 aliphatic heterocycles. The van der Waals surface area contributed by atoms with Crippen LogP contribution in [0.25, 0.3) is 0 Å². The van der Waals surface area contributed by atoms with Crippen molar-refractivity contribution < 1.29 is 9.47 Å². The van der Waals surface area contributed by atoms with Crippen molar-refractivity contribution in [2.24, 2.45) is 5.92 Å². The molecule has 0 spiro atoms. The van der Waals surface area contributed by atoms with Crippen LogP contribution in [-0.4, -0.2) is 19.0 Å². The van der Waals surface area contributed by atoms with E-state index in [9.17, 15) is 5.26 Å². The van der Waals surface area contributed by atoms with E-state index in [1.54, 1.807) is 7.11 Å². The second kappa shape index (κ2) is 4.51. The molecule has 0 N–H and O–H groups in total. The highest BCUT2D eigenvalue weighted by Crippen LogP contribution is 2.42. The summed E-state index contributed by atoms with van der Waals surface area (Å²) in [7, 11) is 1.66. The van der Waals surface area contributed by atoms with E-state index in [4.69, 9.17) is 9.47 Å². The highest BCUT2D eigenvalue weighted by Gasteiger charge is 2.45. The van der Waals surface area contributed by atoms with E-state index in [1.165, 1.54) is 12.8 Å². The fraction of sp³-hybridized carbons (Fsp3) is 0.917. The van der Waals surface area contributed by atoms with E-state index >= 15 is 0 Å². The molecule has 3 nitrogen and oxygen atoms in total. The first kappa shape index (κ1) is 10.9. The quantitative estimate of drug-likeness (QED) is 0.702. The van der Waals surface area contributed by atoms with Crippen molar-refractivity contribution in [2.75, 3.05) is 7.11 Å². The molecule has 2 unspecified atom stereocenters. The molecule has 0 aromatic rings. The molecule has 3 heteroatoms. The van der Waals surface area contributed by atoms with Gasteiger partial charge in [-0.1, -0.05) is 12.8 Å². The van der Waals surface area contributed by atoms with Crippen LogP contribution in [0.3, 0.4) is 0 Å². The maximum Gasteiger partial charge on any atom is 0.160 e. The van der Waals surface area contributed by atoms with E-state index in [1.807, 2.05) is 0 Å². The summed E-state index contributed by atoms with van der Waals surface area (Å²) in [5, 5.41) is 9.38. The average Bonchev–Trinajstić information content (AvgIpc) is 2.83. The average molecular weight is 209 g/mol. The lowest BCUT2D eigenvalue weighted by molar-refractivity contribution is -0.221. The molecule has 0 amide bonds. The van der Waals surface area contributed by atoms with Crippen molar-refractivity contribution in [1.29, 1.82) is 5.26 Å². The zero-order valence-electron chi connectivity index (χ0n) is 9.37. The van der Waals surface area contributed by atoms with Gasteiger partial charge in [0.25, 0.3) is 0 Å². The molecule has 2 fully saturated rings. The van der Waals surface area contributed by atoms with Crippen LogP contribution in [0, 0.1) is 17.2 Å². The molecule has 2 rings (SSSR count). The number of nitrogens with zero attached hydrogens (tertiary/aromatic N) is 1. The Balaban J connectivity index is 2.09. The minimum atomic E-state index is -0.546. The minimum Gasteiger partial charge on any atom is -0.356 e. The largest absolute Gasteiger partial charge is 0.356 e. The molecule has 1 heterocycles. The van der Waals surface area contributed by atoms with Gasteiger partial charge in [0, 0.05) is 13.0 Å². The first-order valence-electron chi connectivity index (χ1n) is 5.92. The molecule has 0 aromatic heterocycles. The van der Waals surface area contributed by atoms with Crippen molar-refractivity contribution in [3.63, 3.8) is 0 Å². The standard InChI is InChI=1S/C12H19NO2/c1-14-11-7-4-8-12(9-13,15-11)10-5-2-3-6-10/h10-11H,2-8H2,1H3. The normalized spacial score (nSPS) is 37.7. The highest BCUT2D eigenvalue weighted by molar-refractivity contribution is 5.08. The Morgan fingerprint density at radius 2 is 2.00 bits per heavy atom. The number of hydrogen-bond donors (Lipinski definition) is 0. The summed E-state index contributed by atoms with van der Waals surface area (Å²) < 4.78 is 11.1. The van der Waals surface area contributed by atoms with Gasteiger partial charge in [0.15, 0.2) is 11.9 Å². The van der Waals surface area contributed by atoms with Crippen LogP contribution < -0.4 is 0 Å². The van der Waals surface area contributed by atoms with E-state index in [-0.39, 0.29) is 6.29 Å². The predicted molar refractivity (Wildman–Crippen MR) is 56.0 cm³/mol. The van der Waals surface area contributed by atoms with Gasteiger partial charge in [-0.2, -0.15) is 5.26 Å². The molecule has 1 saturated heterocycles. The Labute approximate surface area is 91.4 Å². The molecule has 0 radical (unpaired) electrons. The van der Waals surface area contributed by atoms with Gasteiger partial charge < -0.3 is 9.47 Å². The summed E-state index contributed by atoms with van der Waals surface area (Å²) in [6.07, 6.45) is 7.46. The summed E-state index contributed by atoms with van der Waals surface area (Å²) in [5.74, 6) is 0.431. The molecule has 0 aromatic carbocycles.